The molecule has 0 saturated heterocycles. The van der Waals surface area contributed by atoms with Crippen LogP contribution in [0.25, 0.3) is 0 Å². The second kappa shape index (κ2) is 4.90. The standard InChI is InChI=1S/C12H16N4/c1-9-4-3-5-11(15-9)8-13-10(2)12-6-7-14-16-12/h3-7,10,13H,8H2,1-2H3,(H,14,16). The van der Waals surface area contributed by atoms with Crippen LogP contribution < -0.4 is 5.32 Å². The Kier molecular flexibility index (Phi) is 3.31. The van der Waals surface area contributed by atoms with Gasteiger partial charge in [0, 0.05) is 24.5 Å². The normalized spacial score (nSPS) is 12.6. The molecule has 2 rings (SSSR count). The van der Waals surface area contributed by atoms with E-state index in [1.54, 1.807) is 6.20 Å². The van der Waals surface area contributed by atoms with Gasteiger partial charge in [-0.3, -0.25) is 10.1 Å². The van der Waals surface area contributed by atoms with Crippen LogP contribution in [0.15, 0.2) is 30.5 Å². The van der Waals surface area contributed by atoms with Crippen molar-refractivity contribution in [2.75, 3.05) is 0 Å². The fourth-order valence-corrected chi connectivity index (χ4v) is 1.57. The van der Waals surface area contributed by atoms with Crippen LogP contribution in [0.5, 0.6) is 0 Å². The number of pyridine rings is 1. The van der Waals surface area contributed by atoms with Gasteiger partial charge in [-0.15, -0.1) is 0 Å². The van der Waals surface area contributed by atoms with Crippen molar-refractivity contribution < 1.29 is 0 Å². The predicted molar refractivity (Wildman–Crippen MR) is 62.8 cm³/mol. The molecule has 1 atom stereocenters. The molecule has 0 aliphatic heterocycles. The number of aryl methyl sites for hydroxylation is 1. The molecule has 0 aliphatic carbocycles. The fourth-order valence-electron chi connectivity index (χ4n) is 1.57. The monoisotopic (exact) mass is 216 g/mol. The number of aromatic nitrogens is 3. The Morgan fingerprint density at radius 2 is 2.25 bits per heavy atom. The Balaban J connectivity index is 1.92. The number of hydrogen-bond donors (Lipinski definition) is 2. The molecule has 2 aromatic rings. The minimum absolute atomic E-state index is 0.254. The van der Waals surface area contributed by atoms with Crippen molar-refractivity contribution >= 4 is 0 Å². The Morgan fingerprint density at radius 1 is 1.38 bits per heavy atom. The van der Waals surface area contributed by atoms with Crippen molar-refractivity contribution in [2.45, 2.75) is 26.4 Å². The highest BCUT2D eigenvalue weighted by atomic mass is 15.1. The van der Waals surface area contributed by atoms with Crippen molar-refractivity contribution in [3.05, 3.63) is 47.5 Å². The lowest BCUT2D eigenvalue weighted by atomic mass is 10.2. The van der Waals surface area contributed by atoms with Gasteiger partial charge in [0.25, 0.3) is 0 Å². The second-order valence-corrected chi connectivity index (χ2v) is 3.88. The van der Waals surface area contributed by atoms with E-state index in [-0.39, 0.29) is 6.04 Å². The highest BCUT2D eigenvalue weighted by Gasteiger charge is 2.05. The molecule has 4 nitrogen and oxygen atoms in total. The van der Waals surface area contributed by atoms with Crippen LogP contribution in [0.3, 0.4) is 0 Å². The number of H-pyrrole nitrogens is 1. The van der Waals surface area contributed by atoms with Crippen LogP contribution >= 0.6 is 0 Å². The number of nitrogens with one attached hydrogen (secondary N) is 2. The molecule has 84 valence electrons. The molecule has 0 spiro atoms. The third kappa shape index (κ3) is 2.67. The largest absolute Gasteiger partial charge is 0.303 e. The molecule has 0 fully saturated rings. The maximum atomic E-state index is 4.44. The molecule has 0 bridgehead atoms. The van der Waals surface area contributed by atoms with Gasteiger partial charge >= 0.3 is 0 Å². The van der Waals surface area contributed by atoms with Crippen LogP contribution in [0.4, 0.5) is 0 Å². The minimum atomic E-state index is 0.254. The third-order valence-electron chi connectivity index (χ3n) is 2.52. The van der Waals surface area contributed by atoms with E-state index in [1.165, 1.54) is 0 Å². The quantitative estimate of drug-likeness (QED) is 0.821. The Bertz CT molecular complexity index is 436. The van der Waals surface area contributed by atoms with Crippen molar-refractivity contribution in [1.82, 2.24) is 20.5 Å². The van der Waals surface area contributed by atoms with E-state index in [2.05, 4.69) is 27.4 Å². The van der Waals surface area contributed by atoms with Crippen molar-refractivity contribution in [1.29, 1.82) is 0 Å². The first-order chi connectivity index (χ1) is 7.75. The molecule has 0 aromatic carbocycles. The average molecular weight is 216 g/mol. The van der Waals surface area contributed by atoms with Crippen molar-refractivity contribution in [2.24, 2.45) is 0 Å². The highest BCUT2D eigenvalue weighted by Crippen LogP contribution is 2.08. The molecule has 2 N–H and O–H groups in total. The molecular weight excluding hydrogens is 200 g/mol. The van der Waals surface area contributed by atoms with E-state index in [0.717, 1.165) is 23.6 Å². The van der Waals surface area contributed by atoms with E-state index >= 15 is 0 Å². The van der Waals surface area contributed by atoms with Crippen LogP contribution in [0, 0.1) is 6.92 Å². The zero-order chi connectivity index (χ0) is 11.4. The van der Waals surface area contributed by atoms with E-state index in [1.807, 2.05) is 31.2 Å². The lowest BCUT2D eigenvalue weighted by Crippen LogP contribution is -2.19. The number of aromatic amines is 1. The van der Waals surface area contributed by atoms with Gasteiger partial charge < -0.3 is 5.32 Å². The van der Waals surface area contributed by atoms with Crippen LogP contribution in [-0.2, 0) is 6.54 Å². The number of hydrogen-bond acceptors (Lipinski definition) is 3. The van der Waals surface area contributed by atoms with Gasteiger partial charge in [0.15, 0.2) is 0 Å². The van der Waals surface area contributed by atoms with Crippen LogP contribution in [-0.4, -0.2) is 15.2 Å². The van der Waals surface area contributed by atoms with Gasteiger partial charge in [-0.1, -0.05) is 6.07 Å². The first-order valence-electron chi connectivity index (χ1n) is 5.41. The first kappa shape index (κ1) is 10.8. The summed E-state index contributed by atoms with van der Waals surface area (Å²) in [6.07, 6.45) is 1.76. The maximum Gasteiger partial charge on any atom is 0.0545 e. The summed E-state index contributed by atoms with van der Waals surface area (Å²) < 4.78 is 0. The van der Waals surface area contributed by atoms with E-state index in [0.29, 0.717) is 0 Å². The molecule has 2 heterocycles. The van der Waals surface area contributed by atoms with Crippen molar-refractivity contribution in [3.8, 4) is 0 Å². The average Bonchev–Trinajstić information content (AvgIpc) is 2.79. The summed E-state index contributed by atoms with van der Waals surface area (Å²) in [6, 6.07) is 8.29. The van der Waals surface area contributed by atoms with E-state index in [4.69, 9.17) is 0 Å². The van der Waals surface area contributed by atoms with Gasteiger partial charge in [-0.05, 0) is 32.0 Å². The molecule has 0 saturated carbocycles. The van der Waals surface area contributed by atoms with Gasteiger partial charge in [-0.2, -0.15) is 5.10 Å². The Labute approximate surface area is 95.1 Å². The molecule has 0 radical (unpaired) electrons. The van der Waals surface area contributed by atoms with Gasteiger partial charge in [-0.25, -0.2) is 0 Å². The number of nitrogens with zero attached hydrogens (tertiary/aromatic N) is 2. The summed E-state index contributed by atoms with van der Waals surface area (Å²) in [7, 11) is 0. The van der Waals surface area contributed by atoms with Gasteiger partial charge in [0.05, 0.1) is 11.4 Å². The maximum absolute atomic E-state index is 4.44. The predicted octanol–water partition coefficient (Wildman–Crippen LogP) is 1.96. The third-order valence-corrected chi connectivity index (χ3v) is 2.52. The van der Waals surface area contributed by atoms with Gasteiger partial charge in [0.2, 0.25) is 0 Å². The lowest BCUT2D eigenvalue weighted by molar-refractivity contribution is 0.553. The second-order valence-electron chi connectivity index (χ2n) is 3.88. The van der Waals surface area contributed by atoms with Crippen LogP contribution in [0.2, 0.25) is 0 Å². The summed E-state index contributed by atoms with van der Waals surface area (Å²) in [5, 5.41) is 10.3. The molecule has 1 unspecified atom stereocenters. The lowest BCUT2D eigenvalue weighted by Gasteiger charge is -2.11. The summed E-state index contributed by atoms with van der Waals surface area (Å²) in [5.74, 6) is 0. The molecule has 0 amide bonds. The zero-order valence-corrected chi connectivity index (χ0v) is 9.57. The molecular formula is C12H16N4. The minimum Gasteiger partial charge on any atom is -0.303 e. The zero-order valence-electron chi connectivity index (χ0n) is 9.57. The fraction of sp³-hybridized carbons (Fsp3) is 0.333. The smallest absolute Gasteiger partial charge is 0.0545 e. The molecule has 16 heavy (non-hydrogen) atoms. The highest BCUT2D eigenvalue weighted by molar-refractivity contribution is 5.10. The molecule has 0 aliphatic rings. The molecule has 2 aromatic heterocycles. The molecule has 4 heteroatoms. The van der Waals surface area contributed by atoms with E-state index < -0.39 is 0 Å². The first-order valence-corrected chi connectivity index (χ1v) is 5.41. The summed E-state index contributed by atoms with van der Waals surface area (Å²) >= 11 is 0. The number of rotatable bonds is 4. The summed E-state index contributed by atoms with van der Waals surface area (Å²) in [5.41, 5.74) is 3.20. The van der Waals surface area contributed by atoms with Crippen molar-refractivity contribution in [3.63, 3.8) is 0 Å². The summed E-state index contributed by atoms with van der Waals surface area (Å²) in [6.45, 7) is 4.87. The van der Waals surface area contributed by atoms with E-state index in [9.17, 15) is 0 Å². The summed E-state index contributed by atoms with van der Waals surface area (Å²) in [4.78, 5) is 4.44. The topological polar surface area (TPSA) is 53.6 Å². The Morgan fingerprint density at radius 3 is 2.94 bits per heavy atom. The van der Waals surface area contributed by atoms with Gasteiger partial charge in [0.1, 0.15) is 0 Å². The SMILES string of the molecule is Cc1cccc(CNC(C)c2ccn[nH]2)n1. The Hall–Kier alpha value is -1.68. The van der Waals surface area contributed by atoms with Crippen LogP contribution in [0.1, 0.15) is 30.0 Å².